The standard InChI is InChI=1S/C20H23FN4O4/c1-23-17-16(18(26)24(2)20(23)27)25(11-13-6-8-14(21)9-7-13)19(22-17)29-12-15-5-3-4-10-28-15/h6-9,15H,3-5,10-12H2,1-2H3/t15-/m1/s1. The number of hydrogen-bond donors (Lipinski definition) is 0. The molecule has 3 heterocycles. The van der Waals surface area contributed by atoms with Gasteiger partial charge in [-0.1, -0.05) is 12.1 Å². The van der Waals surface area contributed by atoms with Crippen LogP contribution in [0.4, 0.5) is 4.39 Å². The molecule has 1 aliphatic rings. The number of hydrogen-bond acceptors (Lipinski definition) is 5. The van der Waals surface area contributed by atoms with Gasteiger partial charge in [-0.25, -0.2) is 9.18 Å². The van der Waals surface area contributed by atoms with Gasteiger partial charge in [-0.05, 0) is 37.0 Å². The summed E-state index contributed by atoms with van der Waals surface area (Å²) in [5.74, 6) is -0.339. The van der Waals surface area contributed by atoms with Gasteiger partial charge < -0.3 is 9.47 Å². The molecule has 154 valence electrons. The molecule has 4 rings (SSSR count). The molecule has 0 amide bonds. The number of nitrogens with zero attached hydrogens (tertiary/aromatic N) is 4. The van der Waals surface area contributed by atoms with Gasteiger partial charge in [-0.3, -0.25) is 18.5 Å². The number of halogens is 1. The van der Waals surface area contributed by atoms with Gasteiger partial charge >= 0.3 is 5.69 Å². The highest BCUT2D eigenvalue weighted by molar-refractivity contribution is 5.72. The highest BCUT2D eigenvalue weighted by atomic mass is 19.1. The lowest BCUT2D eigenvalue weighted by molar-refractivity contribution is -0.0134. The first-order valence-electron chi connectivity index (χ1n) is 9.61. The van der Waals surface area contributed by atoms with E-state index in [-0.39, 0.29) is 35.6 Å². The van der Waals surface area contributed by atoms with Gasteiger partial charge in [0.1, 0.15) is 12.4 Å². The summed E-state index contributed by atoms with van der Waals surface area (Å²) in [7, 11) is 2.99. The average molecular weight is 402 g/mol. The lowest BCUT2D eigenvalue weighted by atomic mass is 10.1. The zero-order valence-electron chi connectivity index (χ0n) is 16.4. The third kappa shape index (κ3) is 3.69. The maximum atomic E-state index is 13.3. The SMILES string of the molecule is Cn1c(=O)c2c(nc(OC[C@H]3CCCCO3)n2Cc2ccc(F)cc2)n(C)c1=O. The molecule has 0 unspecified atom stereocenters. The number of imidazole rings is 1. The fourth-order valence-corrected chi connectivity index (χ4v) is 3.56. The minimum absolute atomic E-state index is 0.0329. The Morgan fingerprint density at radius 3 is 2.62 bits per heavy atom. The van der Waals surface area contributed by atoms with Crippen molar-refractivity contribution >= 4 is 11.2 Å². The number of ether oxygens (including phenoxy) is 2. The number of benzene rings is 1. The molecular weight excluding hydrogens is 379 g/mol. The molecule has 0 saturated carbocycles. The van der Waals surface area contributed by atoms with E-state index in [0.29, 0.717) is 13.2 Å². The van der Waals surface area contributed by atoms with Crippen molar-refractivity contribution in [3.05, 3.63) is 56.5 Å². The van der Waals surface area contributed by atoms with E-state index < -0.39 is 11.2 Å². The monoisotopic (exact) mass is 402 g/mol. The molecule has 1 aromatic carbocycles. The van der Waals surface area contributed by atoms with Gasteiger partial charge in [0.15, 0.2) is 11.2 Å². The molecule has 0 bridgehead atoms. The van der Waals surface area contributed by atoms with E-state index >= 15 is 0 Å². The van der Waals surface area contributed by atoms with Crippen LogP contribution in [-0.4, -0.2) is 38.0 Å². The van der Waals surface area contributed by atoms with Crippen molar-refractivity contribution in [2.45, 2.75) is 31.9 Å². The second kappa shape index (κ2) is 7.82. The van der Waals surface area contributed by atoms with Gasteiger partial charge in [0.2, 0.25) is 0 Å². The van der Waals surface area contributed by atoms with E-state index in [2.05, 4.69) is 4.98 Å². The van der Waals surface area contributed by atoms with Crippen molar-refractivity contribution in [2.75, 3.05) is 13.2 Å². The van der Waals surface area contributed by atoms with E-state index in [4.69, 9.17) is 9.47 Å². The molecule has 9 heteroatoms. The van der Waals surface area contributed by atoms with Crippen molar-refractivity contribution in [3.63, 3.8) is 0 Å². The summed E-state index contributed by atoms with van der Waals surface area (Å²) in [6.07, 6.45) is 2.99. The van der Waals surface area contributed by atoms with Gasteiger partial charge in [-0.15, -0.1) is 0 Å². The van der Waals surface area contributed by atoms with E-state index in [1.54, 1.807) is 23.7 Å². The Morgan fingerprint density at radius 1 is 1.17 bits per heavy atom. The first kappa shape index (κ1) is 19.4. The fourth-order valence-electron chi connectivity index (χ4n) is 3.56. The second-order valence-corrected chi connectivity index (χ2v) is 7.28. The third-order valence-electron chi connectivity index (χ3n) is 5.24. The first-order chi connectivity index (χ1) is 14.0. The van der Waals surface area contributed by atoms with Gasteiger partial charge in [0.25, 0.3) is 11.6 Å². The Hall–Kier alpha value is -2.94. The van der Waals surface area contributed by atoms with E-state index in [1.165, 1.54) is 23.7 Å². The lowest BCUT2D eigenvalue weighted by Gasteiger charge is -2.22. The molecule has 0 spiro atoms. The van der Waals surface area contributed by atoms with E-state index in [1.807, 2.05) is 0 Å². The van der Waals surface area contributed by atoms with Gasteiger partial charge in [0.05, 0.1) is 12.6 Å². The molecular formula is C20H23FN4O4. The predicted molar refractivity (Wildman–Crippen MR) is 105 cm³/mol. The fraction of sp³-hybridized carbons (Fsp3) is 0.450. The van der Waals surface area contributed by atoms with Crippen LogP contribution in [-0.2, 0) is 25.4 Å². The summed E-state index contributed by atoms with van der Waals surface area (Å²) in [6.45, 7) is 1.27. The van der Waals surface area contributed by atoms with Crippen molar-refractivity contribution in [1.29, 1.82) is 0 Å². The molecule has 0 aliphatic carbocycles. The van der Waals surface area contributed by atoms with Crippen LogP contribution in [0.3, 0.4) is 0 Å². The highest BCUT2D eigenvalue weighted by Crippen LogP contribution is 2.21. The zero-order valence-corrected chi connectivity index (χ0v) is 16.4. The van der Waals surface area contributed by atoms with Crippen LogP contribution in [0.1, 0.15) is 24.8 Å². The van der Waals surface area contributed by atoms with Crippen LogP contribution >= 0.6 is 0 Å². The normalized spacial score (nSPS) is 17.0. The van der Waals surface area contributed by atoms with E-state index in [0.717, 1.165) is 29.4 Å². The number of aromatic nitrogens is 4. The molecule has 0 N–H and O–H groups in total. The Morgan fingerprint density at radius 2 is 1.93 bits per heavy atom. The summed E-state index contributed by atoms with van der Waals surface area (Å²) < 4.78 is 28.9. The number of aryl methyl sites for hydroxylation is 1. The molecule has 8 nitrogen and oxygen atoms in total. The Labute approximate surface area is 166 Å². The molecule has 1 atom stereocenters. The van der Waals surface area contributed by atoms with Crippen LogP contribution in [0.25, 0.3) is 11.2 Å². The average Bonchev–Trinajstić information content (AvgIpc) is 3.10. The zero-order chi connectivity index (χ0) is 20.5. The lowest BCUT2D eigenvalue weighted by Crippen LogP contribution is -2.37. The molecule has 1 saturated heterocycles. The Kier molecular flexibility index (Phi) is 5.23. The molecule has 2 aromatic heterocycles. The van der Waals surface area contributed by atoms with Crippen LogP contribution in [0.5, 0.6) is 6.01 Å². The summed E-state index contributed by atoms with van der Waals surface area (Å²) in [4.78, 5) is 29.6. The molecule has 1 fully saturated rings. The van der Waals surface area contributed by atoms with Gasteiger partial charge in [-0.2, -0.15) is 4.98 Å². The van der Waals surface area contributed by atoms with Crippen LogP contribution in [0, 0.1) is 5.82 Å². The molecule has 3 aromatic rings. The number of fused-ring (bicyclic) bond motifs is 1. The summed E-state index contributed by atoms with van der Waals surface area (Å²) in [6, 6.07) is 6.23. The van der Waals surface area contributed by atoms with Crippen LogP contribution < -0.4 is 16.0 Å². The molecule has 0 radical (unpaired) electrons. The summed E-state index contributed by atoms with van der Waals surface area (Å²) in [5, 5.41) is 0. The number of rotatable bonds is 5. The minimum atomic E-state index is -0.462. The molecule has 1 aliphatic heterocycles. The van der Waals surface area contributed by atoms with Crippen molar-refractivity contribution < 1.29 is 13.9 Å². The Balaban J connectivity index is 1.78. The third-order valence-corrected chi connectivity index (χ3v) is 5.24. The maximum Gasteiger partial charge on any atom is 0.332 e. The topological polar surface area (TPSA) is 80.3 Å². The quantitative estimate of drug-likeness (QED) is 0.647. The largest absolute Gasteiger partial charge is 0.462 e. The highest BCUT2D eigenvalue weighted by Gasteiger charge is 2.22. The van der Waals surface area contributed by atoms with Crippen LogP contribution in [0.15, 0.2) is 33.9 Å². The van der Waals surface area contributed by atoms with Crippen molar-refractivity contribution in [3.8, 4) is 6.01 Å². The summed E-state index contributed by atoms with van der Waals surface area (Å²) in [5.41, 5.74) is 0.371. The van der Waals surface area contributed by atoms with Gasteiger partial charge in [0, 0.05) is 20.7 Å². The first-order valence-corrected chi connectivity index (χ1v) is 9.61. The predicted octanol–water partition coefficient (Wildman–Crippen LogP) is 1.57. The summed E-state index contributed by atoms with van der Waals surface area (Å²) >= 11 is 0. The molecule has 29 heavy (non-hydrogen) atoms. The second-order valence-electron chi connectivity index (χ2n) is 7.28. The Bertz CT molecular complexity index is 1140. The maximum absolute atomic E-state index is 13.3. The van der Waals surface area contributed by atoms with Crippen molar-refractivity contribution in [2.24, 2.45) is 14.1 Å². The minimum Gasteiger partial charge on any atom is -0.462 e. The smallest absolute Gasteiger partial charge is 0.332 e. The van der Waals surface area contributed by atoms with Crippen molar-refractivity contribution in [1.82, 2.24) is 18.7 Å². The van der Waals surface area contributed by atoms with E-state index in [9.17, 15) is 14.0 Å². The van der Waals surface area contributed by atoms with Crippen LogP contribution in [0.2, 0.25) is 0 Å².